The molecule has 4 nitrogen and oxygen atoms in total. The van der Waals surface area contributed by atoms with Gasteiger partial charge < -0.3 is 14.8 Å². The molecule has 1 N–H and O–H groups in total. The van der Waals surface area contributed by atoms with Crippen molar-refractivity contribution in [2.75, 3.05) is 13.2 Å². The largest absolute Gasteiger partial charge is 0.352 e. The number of benzene rings is 1. The summed E-state index contributed by atoms with van der Waals surface area (Å²) in [6.45, 7) is 1.98. The summed E-state index contributed by atoms with van der Waals surface area (Å²) in [5, 5.41) is 3.00. The minimum Gasteiger partial charge on any atom is -0.352 e. The minimum absolute atomic E-state index is 0.113. The zero-order valence-electron chi connectivity index (χ0n) is 13.1. The minimum atomic E-state index is -0.391. The summed E-state index contributed by atoms with van der Waals surface area (Å²) in [7, 11) is 0. The van der Waals surface area contributed by atoms with Gasteiger partial charge in [0.15, 0.2) is 5.79 Å². The van der Waals surface area contributed by atoms with Gasteiger partial charge in [-0.15, -0.1) is 0 Å². The van der Waals surface area contributed by atoms with E-state index < -0.39 is 5.79 Å². The number of amides is 1. The molecule has 3 rings (SSSR count). The van der Waals surface area contributed by atoms with Gasteiger partial charge >= 0.3 is 0 Å². The quantitative estimate of drug-likeness (QED) is 0.909. The van der Waals surface area contributed by atoms with Crippen molar-refractivity contribution in [1.29, 1.82) is 0 Å². The van der Waals surface area contributed by atoms with Gasteiger partial charge in [-0.2, -0.15) is 0 Å². The highest BCUT2D eigenvalue weighted by Gasteiger charge is 2.45. The summed E-state index contributed by atoms with van der Waals surface area (Å²) in [5.41, 5.74) is 1.13. The number of ether oxygens (including phenoxy) is 2. The van der Waals surface area contributed by atoms with Crippen LogP contribution in [0.2, 0.25) is 0 Å². The Hall–Kier alpha value is -1.39. The van der Waals surface area contributed by atoms with Crippen molar-refractivity contribution in [2.24, 2.45) is 5.92 Å². The second-order valence-electron chi connectivity index (χ2n) is 6.25. The highest BCUT2D eigenvalue weighted by molar-refractivity contribution is 5.75. The predicted molar refractivity (Wildman–Crippen MR) is 84.1 cm³/mol. The number of nitrogens with one attached hydrogen (secondary N) is 1. The van der Waals surface area contributed by atoms with Crippen LogP contribution in [0.3, 0.4) is 0 Å². The molecule has 1 amide bonds. The summed E-state index contributed by atoms with van der Waals surface area (Å²) in [6.07, 6.45) is 5.85. The van der Waals surface area contributed by atoms with Gasteiger partial charge in [-0.05, 0) is 24.8 Å². The summed E-state index contributed by atoms with van der Waals surface area (Å²) in [4.78, 5) is 12.1. The Bertz CT molecular complexity index is 482. The Morgan fingerprint density at radius 1 is 1.18 bits per heavy atom. The molecular weight excluding hydrogens is 278 g/mol. The van der Waals surface area contributed by atoms with Gasteiger partial charge in [0.1, 0.15) is 0 Å². The lowest BCUT2D eigenvalue weighted by Crippen LogP contribution is -2.42. The fourth-order valence-electron chi connectivity index (χ4n) is 3.59. The molecule has 1 spiro atoms. The van der Waals surface area contributed by atoms with Gasteiger partial charge in [0.05, 0.1) is 13.2 Å². The van der Waals surface area contributed by atoms with Crippen LogP contribution < -0.4 is 5.32 Å². The van der Waals surface area contributed by atoms with E-state index in [1.807, 2.05) is 30.3 Å². The molecule has 0 radical (unpaired) electrons. The summed E-state index contributed by atoms with van der Waals surface area (Å²) in [5.74, 6) is 0.0756. The van der Waals surface area contributed by atoms with E-state index >= 15 is 0 Å². The first-order valence-corrected chi connectivity index (χ1v) is 8.37. The van der Waals surface area contributed by atoms with Crippen molar-refractivity contribution in [3.8, 4) is 0 Å². The number of hydrogen-bond donors (Lipinski definition) is 1. The van der Waals surface area contributed by atoms with Crippen LogP contribution >= 0.6 is 0 Å². The van der Waals surface area contributed by atoms with E-state index in [1.165, 1.54) is 6.42 Å². The third-order valence-electron chi connectivity index (χ3n) is 4.78. The lowest BCUT2D eigenvalue weighted by molar-refractivity contribution is -0.213. The van der Waals surface area contributed by atoms with Crippen LogP contribution in [-0.2, 0) is 20.8 Å². The highest BCUT2D eigenvalue weighted by atomic mass is 16.7. The van der Waals surface area contributed by atoms with Crippen molar-refractivity contribution in [3.63, 3.8) is 0 Å². The molecule has 2 aliphatic rings. The lowest BCUT2D eigenvalue weighted by Gasteiger charge is -2.39. The van der Waals surface area contributed by atoms with Crippen LogP contribution in [0.15, 0.2) is 30.3 Å². The molecule has 1 atom stereocenters. The Morgan fingerprint density at radius 2 is 1.95 bits per heavy atom. The first-order chi connectivity index (χ1) is 10.8. The van der Waals surface area contributed by atoms with Crippen LogP contribution in [0.1, 0.15) is 44.1 Å². The van der Waals surface area contributed by atoms with Crippen LogP contribution in [0.5, 0.6) is 0 Å². The normalized spacial score (nSPS) is 23.5. The van der Waals surface area contributed by atoms with Crippen molar-refractivity contribution in [2.45, 2.75) is 50.9 Å². The molecule has 120 valence electrons. The number of carbonyl (C=O) groups is 1. The van der Waals surface area contributed by atoms with Crippen LogP contribution in [0, 0.1) is 5.92 Å². The van der Waals surface area contributed by atoms with Crippen molar-refractivity contribution >= 4 is 5.91 Å². The van der Waals surface area contributed by atoms with Gasteiger partial charge in [-0.1, -0.05) is 36.8 Å². The Balaban J connectivity index is 1.45. The fraction of sp³-hybridized carbons (Fsp3) is 0.611. The second kappa shape index (κ2) is 7.25. The molecule has 1 aromatic carbocycles. The lowest BCUT2D eigenvalue weighted by atomic mass is 9.80. The Morgan fingerprint density at radius 3 is 2.73 bits per heavy atom. The monoisotopic (exact) mass is 303 g/mol. The summed E-state index contributed by atoms with van der Waals surface area (Å²) in [6, 6.07) is 10.0. The Kier molecular flexibility index (Phi) is 5.11. The zero-order valence-corrected chi connectivity index (χ0v) is 13.1. The topological polar surface area (TPSA) is 47.6 Å². The second-order valence-corrected chi connectivity index (χ2v) is 6.25. The summed E-state index contributed by atoms with van der Waals surface area (Å²) < 4.78 is 11.8. The molecule has 4 heteroatoms. The van der Waals surface area contributed by atoms with Gasteiger partial charge in [0, 0.05) is 25.3 Å². The van der Waals surface area contributed by atoms with Crippen LogP contribution in [0.25, 0.3) is 0 Å². The maximum absolute atomic E-state index is 12.1. The molecule has 1 saturated carbocycles. The van der Waals surface area contributed by atoms with Gasteiger partial charge in [0.2, 0.25) is 5.91 Å². The molecule has 0 aromatic heterocycles. The molecule has 1 aromatic rings. The SMILES string of the molecule is O=C(CCC1CCCCC12OCCO2)NCc1ccccc1. The fourth-order valence-corrected chi connectivity index (χ4v) is 3.59. The van der Waals surface area contributed by atoms with Crippen molar-refractivity contribution < 1.29 is 14.3 Å². The van der Waals surface area contributed by atoms with Gasteiger partial charge in [0.25, 0.3) is 0 Å². The first-order valence-electron chi connectivity index (χ1n) is 8.37. The standard InChI is InChI=1S/C18H25NO3/c20-17(19-14-15-6-2-1-3-7-15)10-9-16-8-4-5-11-18(16)21-12-13-22-18/h1-3,6-7,16H,4-5,8-14H2,(H,19,20). The van der Waals surface area contributed by atoms with E-state index in [-0.39, 0.29) is 5.91 Å². The molecule has 22 heavy (non-hydrogen) atoms. The molecular formula is C18H25NO3. The molecule has 1 saturated heterocycles. The number of rotatable bonds is 5. The number of carbonyl (C=O) groups excluding carboxylic acids is 1. The van der Waals surface area contributed by atoms with E-state index in [1.54, 1.807) is 0 Å². The predicted octanol–water partition coefficient (Wildman–Crippen LogP) is 3.02. The third-order valence-corrected chi connectivity index (χ3v) is 4.78. The van der Waals surface area contributed by atoms with E-state index in [0.29, 0.717) is 32.1 Å². The van der Waals surface area contributed by atoms with E-state index in [0.717, 1.165) is 31.2 Å². The molecule has 2 fully saturated rings. The smallest absolute Gasteiger partial charge is 0.220 e. The Labute approximate surface area is 132 Å². The average molecular weight is 303 g/mol. The van der Waals surface area contributed by atoms with Gasteiger partial charge in [-0.25, -0.2) is 0 Å². The maximum atomic E-state index is 12.1. The average Bonchev–Trinajstić information content (AvgIpc) is 3.02. The molecule has 0 bridgehead atoms. The van der Waals surface area contributed by atoms with Crippen LogP contribution in [0.4, 0.5) is 0 Å². The molecule has 1 unspecified atom stereocenters. The zero-order chi connectivity index (χ0) is 15.3. The summed E-state index contributed by atoms with van der Waals surface area (Å²) >= 11 is 0. The van der Waals surface area contributed by atoms with Crippen molar-refractivity contribution in [3.05, 3.63) is 35.9 Å². The number of hydrogen-bond acceptors (Lipinski definition) is 3. The van der Waals surface area contributed by atoms with Crippen molar-refractivity contribution in [1.82, 2.24) is 5.32 Å². The maximum Gasteiger partial charge on any atom is 0.220 e. The van der Waals surface area contributed by atoms with E-state index in [2.05, 4.69) is 5.32 Å². The third kappa shape index (κ3) is 3.68. The van der Waals surface area contributed by atoms with E-state index in [9.17, 15) is 4.79 Å². The van der Waals surface area contributed by atoms with E-state index in [4.69, 9.17) is 9.47 Å². The molecule has 1 aliphatic heterocycles. The van der Waals surface area contributed by atoms with Gasteiger partial charge in [-0.3, -0.25) is 4.79 Å². The highest BCUT2D eigenvalue weighted by Crippen LogP contribution is 2.42. The molecule has 1 aliphatic carbocycles. The van der Waals surface area contributed by atoms with Crippen LogP contribution in [-0.4, -0.2) is 24.9 Å². The first kappa shape index (κ1) is 15.5. The molecule has 1 heterocycles.